The van der Waals surface area contributed by atoms with Gasteiger partial charge in [0, 0.05) is 24.3 Å². The van der Waals surface area contributed by atoms with Crippen molar-refractivity contribution >= 4 is 33.1 Å². The summed E-state index contributed by atoms with van der Waals surface area (Å²) in [7, 11) is -2.27. The minimum Gasteiger partial charge on any atom is -0.383 e. The zero-order valence-corrected chi connectivity index (χ0v) is 14.3. The van der Waals surface area contributed by atoms with E-state index in [4.69, 9.17) is 0 Å². The van der Waals surface area contributed by atoms with Gasteiger partial charge in [0.25, 0.3) is 5.69 Å². The Kier molecular flexibility index (Phi) is 4.33. The summed E-state index contributed by atoms with van der Waals surface area (Å²) in [6.07, 6.45) is 1.28. The van der Waals surface area contributed by atoms with Crippen molar-refractivity contribution in [2.75, 3.05) is 18.1 Å². The van der Waals surface area contributed by atoms with Crippen LogP contribution in [0.25, 0.3) is 6.08 Å². The van der Waals surface area contributed by atoms with Gasteiger partial charge in [-0.1, -0.05) is 6.07 Å². The van der Waals surface area contributed by atoms with Crippen LogP contribution >= 0.6 is 0 Å². The first-order chi connectivity index (χ1) is 12.2. The maximum Gasteiger partial charge on any atom is 0.292 e. The Bertz CT molecular complexity index is 1080. The fourth-order valence-electron chi connectivity index (χ4n) is 2.78. The van der Waals surface area contributed by atoms with E-state index in [-0.39, 0.29) is 27.4 Å². The lowest BCUT2D eigenvalue weighted by Crippen LogP contribution is -2.24. The number of nitrogens with one attached hydrogen (secondary N) is 1. The number of sulfone groups is 1. The van der Waals surface area contributed by atoms with Crippen molar-refractivity contribution in [3.8, 4) is 0 Å². The molecule has 1 aliphatic rings. The Balaban J connectivity index is 2.12. The molecule has 3 rings (SSSR count). The summed E-state index contributed by atoms with van der Waals surface area (Å²) in [6, 6.07) is 7.15. The number of rotatable bonds is 3. The van der Waals surface area contributed by atoms with Crippen LogP contribution in [0.2, 0.25) is 0 Å². The molecule has 26 heavy (non-hydrogen) atoms. The summed E-state index contributed by atoms with van der Waals surface area (Å²) in [5.41, 5.74) is 0.0686. The number of benzene rings is 2. The molecule has 0 atom stereocenters. The minimum atomic E-state index is -3.80. The first kappa shape index (κ1) is 17.7. The van der Waals surface area contributed by atoms with Crippen molar-refractivity contribution in [2.45, 2.75) is 4.90 Å². The van der Waals surface area contributed by atoms with Crippen molar-refractivity contribution in [3.63, 3.8) is 0 Å². The largest absolute Gasteiger partial charge is 0.383 e. The molecule has 1 heterocycles. The highest BCUT2D eigenvalue weighted by Gasteiger charge is 2.33. The number of fused-ring (bicyclic) bond motifs is 1. The van der Waals surface area contributed by atoms with E-state index in [1.54, 1.807) is 0 Å². The minimum absolute atomic E-state index is 0.0744. The number of Topliss-reactive ketones (excluding diaryl/α,β-unsaturated/α-hetero) is 1. The van der Waals surface area contributed by atoms with E-state index in [9.17, 15) is 27.7 Å². The summed E-state index contributed by atoms with van der Waals surface area (Å²) in [5.74, 6) is -1.89. The fraction of sp³-hybridized carbons (Fsp3) is 0.118. The normalized spacial score (nSPS) is 17.0. The van der Waals surface area contributed by atoms with Crippen molar-refractivity contribution in [3.05, 3.63) is 69.0 Å². The molecule has 0 saturated heterocycles. The molecule has 0 bridgehead atoms. The second-order valence-electron chi connectivity index (χ2n) is 5.68. The highest BCUT2D eigenvalue weighted by Crippen LogP contribution is 2.31. The number of carbonyl (C=O) groups excluding carboxylic acids is 1. The van der Waals surface area contributed by atoms with Crippen LogP contribution in [-0.4, -0.2) is 31.9 Å². The van der Waals surface area contributed by atoms with Crippen molar-refractivity contribution < 1.29 is 22.5 Å². The Morgan fingerprint density at radius 2 is 1.96 bits per heavy atom. The molecule has 1 N–H and O–H groups in total. The average molecular weight is 376 g/mol. The van der Waals surface area contributed by atoms with Crippen LogP contribution in [0.5, 0.6) is 0 Å². The third-order valence-electron chi connectivity index (χ3n) is 3.99. The number of hydrogen-bond acceptors (Lipinski definition) is 6. The molecule has 0 unspecified atom stereocenters. The van der Waals surface area contributed by atoms with Crippen LogP contribution in [0.1, 0.15) is 15.9 Å². The molecule has 2 aromatic rings. The number of ketones is 1. The van der Waals surface area contributed by atoms with Crippen molar-refractivity contribution in [1.82, 2.24) is 0 Å². The zero-order valence-electron chi connectivity index (χ0n) is 13.5. The molecule has 0 aliphatic carbocycles. The molecular formula is C17H13FN2O5S. The van der Waals surface area contributed by atoms with Crippen molar-refractivity contribution in [1.29, 1.82) is 0 Å². The summed E-state index contributed by atoms with van der Waals surface area (Å²) in [4.78, 5) is 22.9. The lowest BCUT2D eigenvalue weighted by molar-refractivity contribution is -0.384. The number of nitro groups is 1. The molecule has 0 amide bonds. The van der Waals surface area contributed by atoms with Gasteiger partial charge in [0.1, 0.15) is 11.5 Å². The molecule has 7 nitrogen and oxygen atoms in total. The monoisotopic (exact) mass is 376 g/mol. The predicted octanol–water partition coefficient (Wildman–Crippen LogP) is 2.83. The molecule has 2 aromatic carbocycles. The van der Waals surface area contributed by atoms with Gasteiger partial charge in [-0.25, -0.2) is 12.8 Å². The van der Waals surface area contributed by atoms with Gasteiger partial charge in [-0.2, -0.15) is 0 Å². The number of hydrogen-bond donors (Lipinski definition) is 1. The number of nitrogens with zero attached hydrogens (tertiary/aromatic N) is 1. The van der Waals surface area contributed by atoms with Gasteiger partial charge in [0.2, 0.25) is 0 Å². The Morgan fingerprint density at radius 3 is 2.62 bits per heavy atom. The third kappa shape index (κ3) is 3.08. The number of nitro benzene ring substituents is 1. The second-order valence-corrected chi connectivity index (χ2v) is 7.64. The molecule has 0 fully saturated rings. The van der Waals surface area contributed by atoms with Gasteiger partial charge < -0.3 is 5.32 Å². The smallest absolute Gasteiger partial charge is 0.292 e. The maximum absolute atomic E-state index is 13.5. The van der Waals surface area contributed by atoms with E-state index >= 15 is 0 Å². The highest BCUT2D eigenvalue weighted by molar-refractivity contribution is 7.91. The molecule has 0 radical (unpaired) electrons. The number of anilines is 1. The van der Waals surface area contributed by atoms with Crippen LogP contribution < -0.4 is 5.32 Å². The predicted molar refractivity (Wildman–Crippen MR) is 93.4 cm³/mol. The topological polar surface area (TPSA) is 106 Å². The van der Waals surface area contributed by atoms with Gasteiger partial charge >= 0.3 is 0 Å². The van der Waals surface area contributed by atoms with E-state index in [1.165, 1.54) is 31.3 Å². The van der Waals surface area contributed by atoms with E-state index in [2.05, 4.69) is 5.32 Å². The Hall–Kier alpha value is -3.07. The van der Waals surface area contributed by atoms with Crippen LogP contribution in [0, 0.1) is 15.9 Å². The van der Waals surface area contributed by atoms with E-state index < -0.39 is 32.1 Å². The quantitative estimate of drug-likeness (QED) is 0.382. The Labute approximate surface area is 148 Å². The van der Waals surface area contributed by atoms with Crippen LogP contribution in [0.3, 0.4) is 0 Å². The number of carbonyl (C=O) groups is 1. The molecule has 0 aromatic heterocycles. The van der Waals surface area contributed by atoms with E-state index in [0.29, 0.717) is 5.56 Å². The van der Waals surface area contributed by atoms with Crippen LogP contribution in [-0.2, 0) is 9.84 Å². The van der Waals surface area contributed by atoms with Gasteiger partial charge in [-0.05, 0) is 35.9 Å². The van der Waals surface area contributed by atoms with E-state index in [1.807, 2.05) is 0 Å². The summed E-state index contributed by atoms with van der Waals surface area (Å²) in [5, 5.41) is 13.8. The summed E-state index contributed by atoms with van der Waals surface area (Å²) >= 11 is 0. The third-order valence-corrected chi connectivity index (χ3v) is 5.70. The lowest BCUT2D eigenvalue weighted by Gasteiger charge is -2.18. The highest BCUT2D eigenvalue weighted by atomic mass is 32.2. The first-order valence-electron chi connectivity index (χ1n) is 7.46. The summed E-state index contributed by atoms with van der Waals surface area (Å²) in [6.45, 7) is 0. The molecule has 1 aliphatic heterocycles. The Morgan fingerprint density at radius 1 is 1.23 bits per heavy atom. The first-order valence-corrected chi connectivity index (χ1v) is 9.12. The SMILES string of the molecule is CNc1ccc(C=C2CS(=O)(=O)c3ccc(F)cc3C2=O)cc1[N+](=O)[O-]. The van der Waals surface area contributed by atoms with E-state index in [0.717, 1.165) is 18.2 Å². The van der Waals surface area contributed by atoms with Gasteiger partial charge in [0.05, 0.1) is 15.6 Å². The molecule has 9 heteroatoms. The average Bonchev–Trinajstić information content (AvgIpc) is 2.59. The molecule has 0 saturated carbocycles. The van der Waals surface area contributed by atoms with Gasteiger partial charge in [-0.15, -0.1) is 0 Å². The second kappa shape index (κ2) is 6.34. The zero-order chi connectivity index (χ0) is 19.1. The van der Waals surface area contributed by atoms with Crippen molar-refractivity contribution in [2.24, 2.45) is 0 Å². The standard InChI is InChI=1S/C17H13FN2O5S/c1-19-14-4-2-10(7-15(14)20(22)23)6-11-9-26(24,25)16-5-3-12(18)8-13(16)17(11)21/h2-8,19H,9H2,1H3. The summed E-state index contributed by atoms with van der Waals surface area (Å²) < 4.78 is 38.2. The number of halogens is 1. The molecule has 0 spiro atoms. The van der Waals surface area contributed by atoms with Gasteiger partial charge in [-0.3, -0.25) is 14.9 Å². The fourth-order valence-corrected chi connectivity index (χ4v) is 4.32. The molecule has 134 valence electrons. The maximum atomic E-state index is 13.5. The van der Waals surface area contributed by atoms with Gasteiger partial charge in [0.15, 0.2) is 15.6 Å². The lowest BCUT2D eigenvalue weighted by atomic mass is 10.0. The van der Waals surface area contributed by atoms with Crippen LogP contribution in [0.15, 0.2) is 46.9 Å². The van der Waals surface area contributed by atoms with Crippen LogP contribution in [0.4, 0.5) is 15.8 Å². The molecular weight excluding hydrogens is 363 g/mol.